The number of alkyl halides is 1. The van der Waals surface area contributed by atoms with E-state index in [9.17, 15) is 4.79 Å². The van der Waals surface area contributed by atoms with Gasteiger partial charge in [0.2, 0.25) is 0 Å². The highest BCUT2D eigenvalue weighted by molar-refractivity contribution is 9.10. The van der Waals surface area contributed by atoms with E-state index in [-0.39, 0.29) is 5.91 Å². The molecule has 0 spiro atoms. The topological polar surface area (TPSA) is 38.3 Å². The van der Waals surface area contributed by atoms with Crippen LogP contribution in [-0.2, 0) is 0 Å². The molecule has 1 N–H and O–H groups in total. The summed E-state index contributed by atoms with van der Waals surface area (Å²) in [5.41, 5.74) is 0.541. The van der Waals surface area contributed by atoms with E-state index in [1.807, 2.05) is 0 Å². The van der Waals surface area contributed by atoms with Crippen molar-refractivity contribution in [3.8, 4) is 5.75 Å². The number of ether oxygens (including phenoxy) is 1. The molecule has 0 saturated carbocycles. The second kappa shape index (κ2) is 5.98. The van der Waals surface area contributed by atoms with Crippen molar-refractivity contribution in [1.82, 2.24) is 5.32 Å². The number of hydrogen-bond acceptors (Lipinski definition) is 2. The number of nitrogens with one attached hydrogen (secondary N) is 1. The standard InChI is InChI=1S/C10H11BrClNO2/c1-15-7-2-3-9(11)8(6-7)10(14)13-5-4-12/h2-3,6H,4-5H2,1H3,(H,13,14). The Morgan fingerprint density at radius 3 is 2.93 bits per heavy atom. The number of amides is 1. The Bertz CT molecular complexity index is 357. The molecule has 3 nitrogen and oxygen atoms in total. The van der Waals surface area contributed by atoms with Gasteiger partial charge in [0.05, 0.1) is 12.7 Å². The average molecular weight is 293 g/mol. The predicted octanol–water partition coefficient (Wildman–Crippen LogP) is 2.43. The Hall–Kier alpha value is -0.740. The molecule has 15 heavy (non-hydrogen) atoms. The quantitative estimate of drug-likeness (QED) is 0.866. The van der Waals surface area contributed by atoms with Gasteiger partial charge in [0.15, 0.2) is 0 Å². The highest BCUT2D eigenvalue weighted by Gasteiger charge is 2.10. The average Bonchev–Trinajstić information content (AvgIpc) is 2.26. The zero-order chi connectivity index (χ0) is 11.3. The molecule has 0 bridgehead atoms. The Kier molecular flexibility index (Phi) is 4.91. The molecule has 0 radical (unpaired) electrons. The van der Waals surface area contributed by atoms with E-state index in [4.69, 9.17) is 16.3 Å². The SMILES string of the molecule is COc1ccc(Br)c(C(=O)NCCCl)c1. The maximum absolute atomic E-state index is 11.6. The molecule has 0 aliphatic heterocycles. The maximum atomic E-state index is 11.6. The van der Waals surface area contributed by atoms with Crippen molar-refractivity contribution in [2.75, 3.05) is 19.5 Å². The van der Waals surface area contributed by atoms with Crippen LogP contribution >= 0.6 is 27.5 Å². The number of carbonyl (C=O) groups is 1. The molecule has 0 unspecified atom stereocenters. The third kappa shape index (κ3) is 3.39. The molecule has 1 amide bonds. The molecular weight excluding hydrogens is 281 g/mol. The first-order chi connectivity index (χ1) is 7.19. The summed E-state index contributed by atoms with van der Waals surface area (Å²) in [6.07, 6.45) is 0. The Morgan fingerprint density at radius 2 is 2.33 bits per heavy atom. The van der Waals surface area contributed by atoms with Gasteiger partial charge in [-0.05, 0) is 34.1 Å². The van der Waals surface area contributed by atoms with Gasteiger partial charge in [-0.3, -0.25) is 4.79 Å². The van der Waals surface area contributed by atoms with Crippen LogP contribution in [0.2, 0.25) is 0 Å². The van der Waals surface area contributed by atoms with Crippen LogP contribution in [-0.4, -0.2) is 25.4 Å². The molecule has 0 aliphatic rings. The van der Waals surface area contributed by atoms with Gasteiger partial charge in [-0.15, -0.1) is 11.6 Å². The molecule has 1 aromatic rings. The van der Waals surface area contributed by atoms with Crippen LogP contribution in [0.25, 0.3) is 0 Å². The molecular formula is C10H11BrClNO2. The van der Waals surface area contributed by atoms with Gasteiger partial charge >= 0.3 is 0 Å². The van der Waals surface area contributed by atoms with Crippen LogP contribution in [0.5, 0.6) is 5.75 Å². The van der Waals surface area contributed by atoms with Gasteiger partial charge in [-0.25, -0.2) is 0 Å². The Balaban J connectivity index is 2.86. The summed E-state index contributed by atoms with van der Waals surface area (Å²) in [4.78, 5) is 11.6. The summed E-state index contributed by atoms with van der Waals surface area (Å²) in [5, 5.41) is 2.68. The first kappa shape index (κ1) is 12.3. The number of halogens is 2. The lowest BCUT2D eigenvalue weighted by molar-refractivity contribution is 0.0955. The predicted molar refractivity (Wildman–Crippen MR) is 63.7 cm³/mol. The van der Waals surface area contributed by atoms with E-state index in [1.54, 1.807) is 25.3 Å². The van der Waals surface area contributed by atoms with E-state index >= 15 is 0 Å². The van der Waals surface area contributed by atoms with Crippen molar-refractivity contribution in [1.29, 1.82) is 0 Å². The van der Waals surface area contributed by atoms with Crippen LogP contribution in [0.3, 0.4) is 0 Å². The molecule has 0 atom stereocenters. The van der Waals surface area contributed by atoms with Crippen molar-refractivity contribution in [3.63, 3.8) is 0 Å². The molecule has 1 rings (SSSR count). The second-order valence-electron chi connectivity index (χ2n) is 2.79. The fourth-order valence-corrected chi connectivity index (χ4v) is 1.58. The zero-order valence-corrected chi connectivity index (χ0v) is 10.6. The van der Waals surface area contributed by atoms with Crippen LogP contribution in [0.15, 0.2) is 22.7 Å². The largest absolute Gasteiger partial charge is 0.497 e. The molecule has 0 saturated heterocycles. The van der Waals surface area contributed by atoms with Crippen molar-refractivity contribution in [2.45, 2.75) is 0 Å². The molecule has 82 valence electrons. The van der Waals surface area contributed by atoms with Crippen molar-refractivity contribution in [2.24, 2.45) is 0 Å². The molecule has 0 fully saturated rings. The Morgan fingerprint density at radius 1 is 1.60 bits per heavy atom. The monoisotopic (exact) mass is 291 g/mol. The molecule has 1 aromatic carbocycles. The van der Waals surface area contributed by atoms with E-state index < -0.39 is 0 Å². The van der Waals surface area contributed by atoms with Gasteiger partial charge in [-0.2, -0.15) is 0 Å². The van der Waals surface area contributed by atoms with Gasteiger partial charge in [0.1, 0.15) is 5.75 Å². The first-order valence-corrected chi connectivity index (χ1v) is 5.69. The third-order valence-corrected chi connectivity index (χ3v) is 2.68. The lowest BCUT2D eigenvalue weighted by Gasteiger charge is -2.07. The summed E-state index contributed by atoms with van der Waals surface area (Å²) >= 11 is 8.78. The number of carbonyl (C=O) groups excluding carboxylic acids is 1. The zero-order valence-electron chi connectivity index (χ0n) is 8.22. The van der Waals surface area contributed by atoms with E-state index in [0.29, 0.717) is 23.7 Å². The second-order valence-corrected chi connectivity index (χ2v) is 4.02. The fraction of sp³-hybridized carbons (Fsp3) is 0.300. The molecule has 0 heterocycles. The minimum Gasteiger partial charge on any atom is -0.497 e. The van der Waals surface area contributed by atoms with Crippen LogP contribution in [0, 0.1) is 0 Å². The number of rotatable bonds is 4. The third-order valence-electron chi connectivity index (χ3n) is 1.80. The van der Waals surface area contributed by atoms with Crippen LogP contribution < -0.4 is 10.1 Å². The highest BCUT2D eigenvalue weighted by atomic mass is 79.9. The molecule has 5 heteroatoms. The van der Waals surface area contributed by atoms with E-state index in [2.05, 4.69) is 21.2 Å². The minimum atomic E-state index is -0.165. The number of benzene rings is 1. The smallest absolute Gasteiger partial charge is 0.252 e. The summed E-state index contributed by atoms with van der Waals surface area (Å²) in [6, 6.07) is 5.23. The Labute approximate surface area is 102 Å². The number of hydrogen-bond donors (Lipinski definition) is 1. The van der Waals surface area contributed by atoms with E-state index in [0.717, 1.165) is 4.47 Å². The fourth-order valence-electron chi connectivity index (χ4n) is 1.06. The van der Waals surface area contributed by atoms with Crippen molar-refractivity contribution in [3.05, 3.63) is 28.2 Å². The minimum absolute atomic E-state index is 0.165. The summed E-state index contributed by atoms with van der Waals surface area (Å²) in [7, 11) is 1.56. The van der Waals surface area contributed by atoms with Crippen molar-refractivity contribution < 1.29 is 9.53 Å². The lowest BCUT2D eigenvalue weighted by Crippen LogP contribution is -2.25. The first-order valence-electron chi connectivity index (χ1n) is 4.36. The highest BCUT2D eigenvalue weighted by Crippen LogP contribution is 2.22. The van der Waals surface area contributed by atoms with Crippen LogP contribution in [0.1, 0.15) is 10.4 Å². The lowest BCUT2D eigenvalue weighted by atomic mass is 10.2. The van der Waals surface area contributed by atoms with Crippen LogP contribution in [0.4, 0.5) is 0 Å². The normalized spacial score (nSPS) is 9.80. The number of methoxy groups -OCH3 is 1. The molecule has 0 aromatic heterocycles. The van der Waals surface area contributed by atoms with Gasteiger partial charge in [-0.1, -0.05) is 0 Å². The maximum Gasteiger partial charge on any atom is 0.252 e. The summed E-state index contributed by atoms with van der Waals surface area (Å²) < 4.78 is 5.77. The van der Waals surface area contributed by atoms with E-state index in [1.165, 1.54) is 0 Å². The van der Waals surface area contributed by atoms with Gasteiger partial charge in [0, 0.05) is 16.9 Å². The summed E-state index contributed by atoms with van der Waals surface area (Å²) in [6.45, 7) is 0.448. The van der Waals surface area contributed by atoms with Gasteiger partial charge in [0.25, 0.3) is 5.91 Å². The van der Waals surface area contributed by atoms with Crippen molar-refractivity contribution >= 4 is 33.4 Å². The summed E-state index contributed by atoms with van der Waals surface area (Å²) in [5.74, 6) is 0.878. The van der Waals surface area contributed by atoms with Gasteiger partial charge < -0.3 is 10.1 Å². The molecule has 0 aliphatic carbocycles.